The van der Waals surface area contributed by atoms with Crippen molar-refractivity contribution in [1.29, 1.82) is 0 Å². The highest BCUT2D eigenvalue weighted by Crippen LogP contribution is 2.21. The number of nitro benzene ring substituents is 1. The van der Waals surface area contributed by atoms with Gasteiger partial charge in [0.1, 0.15) is 5.75 Å². The number of hydrogen-bond donors (Lipinski definition) is 3. The molecule has 0 saturated heterocycles. The Bertz CT molecular complexity index is 746. The Kier molecular flexibility index (Phi) is 5.00. The minimum atomic E-state index is -1.41. The molecular weight excluding hydrogens is 302 g/mol. The SMILES string of the molecule is O=C(N/N=C\c1cc(O)ccc1[N+](=O)[O-])[C@H](O)c1ccccc1. The molecule has 0 heterocycles. The molecule has 1 amide bonds. The Balaban J connectivity index is 2.09. The highest BCUT2D eigenvalue weighted by molar-refractivity contribution is 5.88. The molecule has 0 aliphatic rings. The average Bonchev–Trinajstić information content (AvgIpc) is 2.54. The molecule has 2 aromatic carbocycles. The number of nitro groups is 1. The summed E-state index contributed by atoms with van der Waals surface area (Å²) in [6, 6.07) is 11.7. The van der Waals surface area contributed by atoms with Crippen LogP contribution >= 0.6 is 0 Å². The number of rotatable bonds is 5. The predicted molar refractivity (Wildman–Crippen MR) is 81.9 cm³/mol. The van der Waals surface area contributed by atoms with E-state index in [1.54, 1.807) is 30.3 Å². The zero-order chi connectivity index (χ0) is 16.8. The normalized spacial score (nSPS) is 12.0. The number of hydrogen-bond acceptors (Lipinski definition) is 6. The van der Waals surface area contributed by atoms with Crippen molar-refractivity contribution in [2.45, 2.75) is 6.10 Å². The van der Waals surface area contributed by atoms with Crippen molar-refractivity contribution in [3.8, 4) is 5.75 Å². The third-order valence-electron chi connectivity index (χ3n) is 2.95. The number of phenolic OH excluding ortho intramolecular Hbond substituents is 1. The standard InChI is InChI=1S/C15H13N3O5/c19-12-6-7-13(18(22)23)11(8-12)9-16-17-15(21)14(20)10-4-2-1-3-5-10/h1-9,14,19-20H,(H,17,21)/b16-9-/t14-/m1/s1. The second-order valence-corrected chi connectivity index (χ2v) is 4.55. The number of carbonyl (C=O) groups excluding carboxylic acids is 1. The van der Waals surface area contributed by atoms with Gasteiger partial charge in [0.2, 0.25) is 0 Å². The van der Waals surface area contributed by atoms with E-state index in [0.29, 0.717) is 5.56 Å². The number of aliphatic hydroxyl groups excluding tert-OH is 1. The molecule has 8 nitrogen and oxygen atoms in total. The van der Waals surface area contributed by atoms with Crippen LogP contribution in [0.1, 0.15) is 17.2 Å². The van der Waals surface area contributed by atoms with E-state index in [0.717, 1.165) is 18.3 Å². The molecule has 3 N–H and O–H groups in total. The van der Waals surface area contributed by atoms with E-state index < -0.39 is 16.9 Å². The molecule has 0 saturated carbocycles. The van der Waals surface area contributed by atoms with Gasteiger partial charge in [-0.05, 0) is 17.7 Å². The minimum absolute atomic E-state index is 0.0181. The third kappa shape index (κ3) is 4.11. The van der Waals surface area contributed by atoms with E-state index in [1.165, 1.54) is 6.07 Å². The van der Waals surface area contributed by atoms with E-state index in [1.807, 2.05) is 0 Å². The minimum Gasteiger partial charge on any atom is -0.508 e. The fourth-order valence-corrected chi connectivity index (χ4v) is 1.82. The molecule has 118 valence electrons. The van der Waals surface area contributed by atoms with Gasteiger partial charge in [0, 0.05) is 6.07 Å². The summed E-state index contributed by atoms with van der Waals surface area (Å²) < 4.78 is 0. The Morgan fingerprint density at radius 1 is 1.26 bits per heavy atom. The smallest absolute Gasteiger partial charge is 0.278 e. The lowest BCUT2D eigenvalue weighted by atomic mass is 10.1. The molecule has 0 aliphatic carbocycles. The summed E-state index contributed by atoms with van der Waals surface area (Å²) in [5, 5.41) is 33.6. The zero-order valence-electron chi connectivity index (χ0n) is 11.8. The van der Waals surface area contributed by atoms with Crippen LogP contribution in [-0.4, -0.2) is 27.3 Å². The first-order valence-corrected chi connectivity index (χ1v) is 6.52. The van der Waals surface area contributed by atoms with Crippen LogP contribution < -0.4 is 5.43 Å². The van der Waals surface area contributed by atoms with E-state index in [-0.39, 0.29) is 17.0 Å². The fourth-order valence-electron chi connectivity index (χ4n) is 1.82. The van der Waals surface area contributed by atoms with Crippen LogP contribution in [0.4, 0.5) is 5.69 Å². The number of nitrogens with zero attached hydrogens (tertiary/aromatic N) is 2. The predicted octanol–water partition coefficient (Wildman–Crippen LogP) is 1.48. The lowest BCUT2D eigenvalue weighted by Crippen LogP contribution is -2.25. The molecule has 2 rings (SSSR count). The number of aromatic hydroxyl groups is 1. The number of amides is 1. The second-order valence-electron chi connectivity index (χ2n) is 4.55. The lowest BCUT2D eigenvalue weighted by Gasteiger charge is -2.08. The average molecular weight is 315 g/mol. The topological polar surface area (TPSA) is 125 Å². The number of hydrazone groups is 1. The van der Waals surface area contributed by atoms with E-state index in [9.17, 15) is 25.1 Å². The first-order valence-electron chi connectivity index (χ1n) is 6.52. The van der Waals surface area contributed by atoms with Crippen LogP contribution in [-0.2, 0) is 4.79 Å². The highest BCUT2D eigenvalue weighted by Gasteiger charge is 2.16. The van der Waals surface area contributed by atoms with Gasteiger partial charge < -0.3 is 10.2 Å². The summed E-state index contributed by atoms with van der Waals surface area (Å²) in [5.74, 6) is -0.956. The van der Waals surface area contributed by atoms with Crippen LogP contribution in [0.5, 0.6) is 5.75 Å². The monoisotopic (exact) mass is 315 g/mol. The molecule has 0 aromatic heterocycles. The van der Waals surface area contributed by atoms with Gasteiger partial charge in [-0.15, -0.1) is 0 Å². The molecule has 0 aliphatic heterocycles. The summed E-state index contributed by atoms with van der Waals surface area (Å²) in [7, 11) is 0. The van der Waals surface area contributed by atoms with Gasteiger partial charge in [-0.3, -0.25) is 14.9 Å². The summed E-state index contributed by atoms with van der Waals surface area (Å²) in [6.45, 7) is 0. The quantitative estimate of drug-likeness (QED) is 0.438. The van der Waals surface area contributed by atoms with Gasteiger partial charge in [0.05, 0.1) is 16.7 Å². The van der Waals surface area contributed by atoms with E-state index in [2.05, 4.69) is 10.5 Å². The van der Waals surface area contributed by atoms with E-state index in [4.69, 9.17) is 0 Å². The first kappa shape index (κ1) is 16.1. The van der Waals surface area contributed by atoms with Crippen LogP contribution in [0, 0.1) is 10.1 Å². The van der Waals surface area contributed by atoms with Crippen molar-refractivity contribution < 1.29 is 19.9 Å². The van der Waals surface area contributed by atoms with Gasteiger partial charge in [-0.25, -0.2) is 5.43 Å². The molecule has 1 atom stereocenters. The van der Waals surface area contributed by atoms with Crippen molar-refractivity contribution in [3.05, 3.63) is 69.8 Å². The summed E-state index contributed by atoms with van der Waals surface area (Å²) in [5.41, 5.74) is 2.23. The second kappa shape index (κ2) is 7.14. The van der Waals surface area contributed by atoms with Crippen LogP contribution in [0.25, 0.3) is 0 Å². The fraction of sp³-hybridized carbons (Fsp3) is 0.0667. The maximum absolute atomic E-state index is 11.8. The first-order chi connectivity index (χ1) is 11.0. The third-order valence-corrected chi connectivity index (χ3v) is 2.95. The number of aliphatic hydroxyl groups is 1. The summed E-state index contributed by atoms with van der Waals surface area (Å²) in [6.07, 6.45) is -0.388. The Hall–Kier alpha value is -3.26. The molecular formula is C15H13N3O5. The molecule has 2 aromatic rings. The number of nitrogens with one attached hydrogen (secondary N) is 1. The molecule has 0 fully saturated rings. The molecule has 23 heavy (non-hydrogen) atoms. The van der Waals surface area contributed by atoms with Crippen molar-refractivity contribution in [3.63, 3.8) is 0 Å². The lowest BCUT2D eigenvalue weighted by molar-refractivity contribution is -0.385. The number of phenols is 1. The van der Waals surface area contributed by atoms with Crippen LogP contribution in [0.3, 0.4) is 0 Å². The van der Waals surface area contributed by atoms with Crippen LogP contribution in [0.2, 0.25) is 0 Å². The van der Waals surface area contributed by atoms with Gasteiger partial charge >= 0.3 is 0 Å². The Morgan fingerprint density at radius 3 is 2.61 bits per heavy atom. The highest BCUT2D eigenvalue weighted by atomic mass is 16.6. The number of carbonyl (C=O) groups is 1. The van der Waals surface area contributed by atoms with Gasteiger partial charge in [-0.1, -0.05) is 30.3 Å². The molecule has 0 radical (unpaired) electrons. The van der Waals surface area contributed by atoms with Gasteiger partial charge in [0.15, 0.2) is 6.10 Å². The van der Waals surface area contributed by atoms with Crippen LogP contribution in [0.15, 0.2) is 53.6 Å². The summed E-state index contributed by atoms with van der Waals surface area (Å²) in [4.78, 5) is 22.0. The number of benzene rings is 2. The van der Waals surface area contributed by atoms with Crippen molar-refractivity contribution in [1.82, 2.24) is 5.43 Å². The van der Waals surface area contributed by atoms with Crippen molar-refractivity contribution in [2.24, 2.45) is 5.10 Å². The zero-order valence-corrected chi connectivity index (χ0v) is 11.8. The Morgan fingerprint density at radius 2 is 1.96 bits per heavy atom. The summed E-state index contributed by atoms with van der Waals surface area (Å²) >= 11 is 0. The molecule has 0 unspecified atom stereocenters. The maximum Gasteiger partial charge on any atom is 0.278 e. The Labute approximate surface area is 130 Å². The van der Waals surface area contributed by atoms with Crippen molar-refractivity contribution in [2.75, 3.05) is 0 Å². The van der Waals surface area contributed by atoms with Gasteiger partial charge in [0.25, 0.3) is 11.6 Å². The largest absolute Gasteiger partial charge is 0.508 e. The molecule has 0 bridgehead atoms. The van der Waals surface area contributed by atoms with Gasteiger partial charge in [-0.2, -0.15) is 5.10 Å². The maximum atomic E-state index is 11.8. The van der Waals surface area contributed by atoms with E-state index >= 15 is 0 Å². The molecule has 8 heteroatoms. The molecule has 0 spiro atoms. The van der Waals surface area contributed by atoms with Crippen molar-refractivity contribution >= 4 is 17.8 Å².